The van der Waals surface area contributed by atoms with Gasteiger partial charge in [-0.3, -0.25) is 14.7 Å². The summed E-state index contributed by atoms with van der Waals surface area (Å²) in [5.74, 6) is 1.15. The molecule has 2 aliphatic heterocycles. The predicted octanol–water partition coefficient (Wildman–Crippen LogP) is 2.03. The van der Waals surface area contributed by atoms with Crippen molar-refractivity contribution in [1.29, 1.82) is 0 Å². The second kappa shape index (κ2) is 8.75. The molecule has 28 heavy (non-hydrogen) atoms. The highest BCUT2D eigenvalue weighted by atomic mass is 16.5. The molecule has 0 saturated carbocycles. The number of hydrogen-bond donors (Lipinski definition) is 0. The molecule has 7 heteroatoms. The van der Waals surface area contributed by atoms with Crippen LogP contribution < -0.4 is 0 Å². The van der Waals surface area contributed by atoms with Crippen LogP contribution in [-0.2, 0) is 11.3 Å². The molecule has 2 aromatic heterocycles. The van der Waals surface area contributed by atoms with E-state index >= 15 is 0 Å². The van der Waals surface area contributed by atoms with Gasteiger partial charge in [0.2, 0.25) is 0 Å². The Balaban J connectivity index is 1.43. The van der Waals surface area contributed by atoms with Gasteiger partial charge in [-0.2, -0.15) is 0 Å². The van der Waals surface area contributed by atoms with Crippen molar-refractivity contribution in [2.45, 2.75) is 32.2 Å². The van der Waals surface area contributed by atoms with E-state index in [4.69, 9.17) is 9.72 Å². The third-order valence-corrected chi connectivity index (χ3v) is 5.51. The van der Waals surface area contributed by atoms with E-state index in [1.165, 1.54) is 0 Å². The summed E-state index contributed by atoms with van der Waals surface area (Å²) in [4.78, 5) is 30.7. The lowest BCUT2D eigenvalue weighted by atomic mass is 9.96. The number of amides is 1. The molecule has 2 fully saturated rings. The van der Waals surface area contributed by atoms with Crippen molar-refractivity contribution in [3.8, 4) is 0 Å². The molecule has 0 bridgehead atoms. The standard InChI is InChI=1S/C21H27N5O2/c1-16-19(21(27)26-9-11-28-12-10-26)13-23-20(24-16)17-5-4-8-25(14-17)15-18-6-2-3-7-22-18/h2-3,6-7,13,17H,4-5,8-12,14-15H2,1H3/t17-/m0/s1. The quantitative estimate of drug-likeness (QED) is 0.807. The summed E-state index contributed by atoms with van der Waals surface area (Å²) in [6, 6.07) is 6.04. The molecular formula is C21H27N5O2. The Hall–Kier alpha value is -2.38. The number of pyridine rings is 1. The van der Waals surface area contributed by atoms with Crippen molar-refractivity contribution in [2.24, 2.45) is 0 Å². The van der Waals surface area contributed by atoms with E-state index in [1.807, 2.05) is 30.2 Å². The summed E-state index contributed by atoms with van der Waals surface area (Å²) in [5, 5.41) is 0. The van der Waals surface area contributed by atoms with Crippen LogP contribution >= 0.6 is 0 Å². The number of hydrogen-bond acceptors (Lipinski definition) is 6. The SMILES string of the molecule is Cc1nc([C@H]2CCCN(Cc3ccccn3)C2)ncc1C(=O)N1CCOCC1. The number of carbonyl (C=O) groups is 1. The predicted molar refractivity (Wildman–Crippen MR) is 105 cm³/mol. The Morgan fingerprint density at radius 1 is 1.21 bits per heavy atom. The average molecular weight is 381 g/mol. The molecule has 148 valence electrons. The first kappa shape index (κ1) is 19.0. The molecule has 2 saturated heterocycles. The molecular weight excluding hydrogens is 354 g/mol. The topological polar surface area (TPSA) is 71.5 Å². The first-order valence-electron chi connectivity index (χ1n) is 10.0. The molecule has 1 atom stereocenters. The fourth-order valence-corrected chi connectivity index (χ4v) is 3.96. The monoisotopic (exact) mass is 381 g/mol. The van der Waals surface area contributed by atoms with E-state index < -0.39 is 0 Å². The zero-order valence-electron chi connectivity index (χ0n) is 16.4. The van der Waals surface area contributed by atoms with Gasteiger partial charge in [-0.05, 0) is 38.4 Å². The summed E-state index contributed by atoms with van der Waals surface area (Å²) in [6.07, 6.45) is 5.75. The Labute approximate surface area is 165 Å². The lowest BCUT2D eigenvalue weighted by Gasteiger charge is -2.32. The van der Waals surface area contributed by atoms with Gasteiger partial charge in [0.25, 0.3) is 5.91 Å². The van der Waals surface area contributed by atoms with Crippen molar-refractivity contribution >= 4 is 5.91 Å². The van der Waals surface area contributed by atoms with Gasteiger partial charge in [-0.15, -0.1) is 0 Å². The summed E-state index contributed by atoms with van der Waals surface area (Å²) >= 11 is 0. The molecule has 0 aromatic carbocycles. The lowest BCUT2D eigenvalue weighted by molar-refractivity contribution is 0.0301. The zero-order valence-corrected chi connectivity index (χ0v) is 16.4. The molecule has 1 amide bonds. The fourth-order valence-electron chi connectivity index (χ4n) is 3.96. The summed E-state index contributed by atoms with van der Waals surface area (Å²) < 4.78 is 5.33. The second-order valence-corrected chi connectivity index (χ2v) is 7.53. The number of ether oxygens (including phenoxy) is 1. The third kappa shape index (κ3) is 4.36. The van der Waals surface area contributed by atoms with Gasteiger partial charge in [0.15, 0.2) is 0 Å². The van der Waals surface area contributed by atoms with Gasteiger partial charge in [-0.1, -0.05) is 6.07 Å². The lowest BCUT2D eigenvalue weighted by Crippen LogP contribution is -2.41. The molecule has 0 unspecified atom stereocenters. The van der Waals surface area contributed by atoms with Crippen LogP contribution in [0.5, 0.6) is 0 Å². The van der Waals surface area contributed by atoms with Crippen molar-refractivity contribution in [1.82, 2.24) is 24.8 Å². The number of likely N-dealkylation sites (tertiary alicyclic amines) is 1. The van der Waals surface area contributed by atoms with Crippen molar-refractivity contribution in [3.05, 3.63) is 53.4 Å². The highest BCUT2D eigenvalue weighted by molar-refractivity contribution is 5.95. The molecule has 4 heterocycles. The smallest absolute Gasteiger partial charge is 0.257 e. The average Bonchev–Trinajstić information content (AvgIpc) is 2.75. The van der Waals surface area contributed by atoms with E-state index in [9.17, 15) is 4.79 Å². The first-order valence-corrected chi connectivity index (χ1v) is 10.0. The molecule has 0 spiro atoms. The number of aromatic nitrogens is 3. The van der Waals surface area contributed by atoms with E-state index in [0.29, 0.717) is 37.8 Å². The minimum Gasteiger partial charge on any atom is -0.378 e. The molecule has 4 rings (SSSR count). The van der Waals surface area contributed by atoms with Crippen LogP contribution in [0.25, 0.3) is 0 Å². The van der Waals surface area contributed by atoms with Gasteiger partial charge < -0.3 is 9.64 Å². The van der Waals surface area contributed by atoms with E-state index in [-0.39, 0.29) is 5.91 Å². The maximum Gasteiger partial charge on any atom is 0.257 e. The molecule has 0 aliphatic carbocycles. The minimum absolute atomic E-state index is 0.00720. The third-order valence-electron chi connectivity index (χ3n) is 5.51. The number of rotatable bonds is 4. The number of piperidine rings is 1. The maximum atomic E-state index is 12.7. The van der Waals surface area contributed by atoms with Gasteiger partial charge in [0.1, 0.15) is 5.82 Å². The zero-order chi connectivity index (χ0) is 19.3. The van der Waals surface area contributed by atoms with Gasteiger partial charge in [0.05, 0.1) is 30.2 Å². The van der Waals surface area contributed by atoms with Crippen molar-refractivity contribution < 1.29 is 9.53 Å². The van der Waals surface area contributed by atoms with E-state index in [2.05, 4.69) is 20.9 Å². The fraction of sp³-hybridized carbons (Fsp3) is 0.524. The van der Waals surface area contributed by atoms with Crippen molar-refractivity contribution in [2.75, 3.05) is 39.4 Å². The summed E-state index contributed by atoms with van der Waals surface area (Å²) in [5.41, 5.74) is 2.46. The normalized spacial score (nSPS) is 20.9. The number of aryl methyl sites for hydroxylation is 1. The van der Waals surface area contributed by atoms with Gasteiger partial charge in [-0.25, -0.2) is 9.97 Å². The Morgan fingerprint density at radius 3 is 2.82 bits per heavy atom. The summed E-state index contributed by atoms with van der Waals surface area (Å²) in [7, 11) is 0. The number of carbonyl (C=O) groups excluding carboxylic acids is 1. The highest BCUT2D eigenvalue weighted by Gasteiger charge is 2.26. The number of morpholine rings is 1. The Morgan fingerprint density at radius 2 is 2.07 bits per heavy atom. The van der Waals surface area contributed by atoms with Crippen LogP contribution in [0.3, 0.4) is 0 Å². The van der Waals surface area contributed by atoms with E-state index in [0.717, 1.165) is 49.7 Å². The molecule has 0 radical (unpaired) electrons. The minimum atomic E-state index is 0.00720. The Bertz CT molecular complexity index is 808. The number of nitrogens with zero attached hydrogens (tertiary/aromatic N) is 5. The van der Waals surface area contributed by atoms with Crippen LogP contribution in [-0.4, -0.2) is 70.1 Å². The first-order chi connectivity index (χ1) is 13.7. The van der Waals surface area contributed by atoms with Crippen molar-refractivity contribution in [3.63, 3.8) is 0 Å². The van der Waals surface area contributed by atoms with Crippen LogP contribution in [0.15, 0.2) is 30.6 Å². The molecule has 0 N–H and O–H groups in total. The maximum absolute atomic E-state index is 12.7. The van der Waals surface area contributed by atoms with Crippen LogP contribution in [0, 0.1) is 6.92 Å². The van der Waals surface area contributed by atoms with Gasteiger partial charge >= 0.3 is 0 Å². The molecule has 2 aromatic rings. The van der Waals surface area contributed by atoms with Crippen LogP contribution in [0.4, 0.5) is 0 Å². The van der Waals surface area contributed by atoms with Crippen LogP contribution in [0.1, 0.15) is 46.3 Å². The highest BCUT2D eigenvalue weighted by Crippen LogP contribution is 2.26. The summed E-state index contributed by atoms with van der Waals surface area (Å²) in [6.45, 7) is 7.20. The Kier molecular flexibility index (Phi) is 5.92. The molecule has 2 aliphatic rings. The van der Waals surface area contributed by atoms with E-state index in [1.54, 1.807) is 6.20 Å². The second-order valence-electron chi connectivity index (χ2n) is 7.53. The van der Waals surface area contributed by atoms with Crippen LogP contribution in [0.2, 0.25) is 0 Å². The largest absolute Gasteiger partial charge is 0.378 e. The van der Waals surface area contributed by atoms with Gasteiger partial charge in [0, 0.05) is 44.5 Å². The molecule has 7 nitrogen and oxygen atoms in total.